The number of amides is 1. The van der Waals surface area contributed by atoms with E-state index in [1.807, 2.05) is 18.5 Å². The number of nitrogens with zero attached hydrogens (tertiary/aromatic N) is 2. The molecule has 0 saturated carbocycles. The number of hydrogen-bond donors (Lipinski definition) is 2. The van der Waals surface area contributed by atoms with Gasteiger partial charge in [0.25, 0.3) is 0 Å². The molecule has 1 amide bonds. The molecule has 1 saturated heterocycles. The van der Waals surface area contributed by atoms with E-state index in [2.05, 4.69) is 21.8 Å². The molecule has 112 valence electrons. The topological polar surface area (TPSA) is 68.2 Å². The van der Waals surface area contributed by atoms with Gasteiger partial charge < -0.3 is 15.4 Å². The first kappa shape index (κ1) is 15.0. The number of carbonyl (C=O) groups excluding carboxylic acids is 1. The van der Waals surface area contributed by atoms with E-state index < -0.39 is 0 Å². The molecule has 0 aliphatic carbocycles. The molecule has 0 bridgehead atoms. The summed E-state index contributed by atoms with van der Waals surface area (Å²) in [5.74, 6) is 0.0675. The van der Waals surface area contributed by atoms with Crippen LogP contribution in [-0.2, 0) is 16.1 Å². The summed E-state index contributed by atoms with van der Waals surface area (Å²) in [4.78, 5) is 11.9. The fraction of sp³-hybridized carbons (Fsp3) is 0.714. The van der Waals surface area contributed by atoms with E-state index in [0.717, 1.165) is 37.3 Å². The molecule has 0 unspecified atom stereocenters. The first-order valence-corrected chi connectivity index (χ1v) is 7.15. The summed E-state index contributed by atoms with van der Waals surface area (Å²) in [6, 6.07) is 1.94. The number of ether oxygens (including phenoxy) is 1. The number of rotatable bonds is 6. The minimum Gasteiger partial charge on any atom is -0.380 e. The number of aromatic nitrogens is 2. The Hall–Kier alpha value is -1.40. The second-order valence-electron chi connectivity index (χ2n) is 5.35. The van der Waals surface area contributed by atoms with Gasteiger partial charge in [0.2, 0.25) is 5.91 Å². The third kappa shape index (κ3) is 3.80. The first-order valence-electron chi connectivity index (χ1n) is 7.15. The maximum Gasteiger partial charge on any atom is 0.237 e. The maximum atomic E-state index is 11.9. The molecule has 2 rings (SSSR count). The predicted molar refractivity (Wildman–Crippen MR) is 76.5 cm³/mol. The Balaban J connectivity index is 1.66. The van der Waals surface area contributed by atoms with E-state index >= 15 is 0 Å². The maximum absolute atomic E-state index is 11.9. The monoisotopic (exact) mass is 280 g/mol. The van der Waals surface area contributed by atoms with E-state index in [1.54, 1.807) is 7.11 Å². The van der Waals surface area contributed by atoms with Crippen LogP contribution in [0.3, 0.4) is 0 Å². The molecule has 2 heterocycles. The van der Waals surface area contributed by atoms with Gasteiger partial charge >= 0.3 is 0 Å². The second-order valence-corrected chi connectivity index (χ2v) is 5.35. The van der Waals surface area contributed by atoms with Gasteiger partial charge in [-0.15, -0.1) is 0 Å². The van der Waals surface area contributed by atoms with Crippen LogP contribution in [0.15, 0.2) is 6.07 Å². The Morgan fingerprint density at radius 2 is 2.40 bits per heavy atom. The minimum atomic E-state index is -0.117. The third-order valence-corrected chi connectivity index (χ3v) is 3.69. The van der Waals surface area contributed by atoms with Crippen molar-refractivity contribution in [1.82, 2.24) is 20.4 Å². The van der Waals surface area contributed by atoms with Crippen molar-refractivity contribution in [1.29, 1.82) is 0 Å². The molecular formula is C14H24N4O2. The average Bonchev–Trinajstić information content (AvgIpc) is 3.01. The Morgan fingerprint density at radius 1 is 1.60 bits per heavy atom. The van der Waals surface area contributed by atoms with Crippen molar-refractivity contribution >= 4 is 5.91 Å². The van der Waals surface area contributed by atoms with Gasteiger partial charge in [0.15, 0.2) is 0 Å². The van der Waals surface area contributed by atoms with Gasteiger partial charge in [0.1, 0.15) is 0 Å². The Bertz CT molecular complexity index is 458. The zero-order valence-corrected chi connectivity index (χ0v) is 12.5. The number of hydrogen-bond acceptors (Lipinski definition) is 4. The molecule has 6 nitrogen and oxygen atoms in total. The second kappa shape index (κ2) is 6.85. The van der Waals surface area contributed by atoms with Crippen molar-refractivity contribution in [2.24, 2.45) is 0 Å². The van der Waals surface area contributed by atoms with Gasteiger partial charge in [0.05, 0.1) is 17.8 Å². The minimum absolute atomic E-state index is 0.0675. The number of carbonyl (C=O) groups is 1. The summed E-state index contributed by atoms with van der Waals surface area (Å²) in [6.45, 7) is 6.29. The predicted octanol–water partition coefficient (Wildman–Crippen LogP) is 0.383. The Labute approximate surface area is 119 Å². The lowest BCUT2D eigenvalue weighted by Gasteiger charge is -2.11. The zero-order chi connectivity index (χ0) is 14.5. The molecule has 1 aromatic heterocycles. The number of nitrogens with one attached hydrogen (secondary N) is 2. The van der Waals surface area contributed by atoms with E-state index in [9.17, 15) is 4.79 Å². The van der Waals surface area contributed by atoms with Crippen LogP contribution in [-0.4, -0.2) is 48.0 Å². The van der Waals surface area contributed by atoms with Gasteiger partial charge in [-0.3, -0.25) is 9.48 Å². The molecule has 1 fully saturated rings. The highest BCUT2D eigenvalue weighted by Crippen LogP contribution is 2.09. The summed E-state index contributed by atoms with van der Waals surface area (Å²) >= 11 is 0. The lowest BCUT2D eigenvalue weighted by atomic mass is 10.2. The van der Waals surface area contributed by atoms with Crippen LogP contribution in [0.1, 0.15) is 24.2 Å². The molecule has 0 spiro atoms. The summed E-state index contributed by atoms with van der Waals surface area (Å²) < 4.78 is 7.22. The van der Waals surface area contributed by atoms with Gasteiger partial charge in [-0.25, -0.2) is 0 Å². The van der Waals surface area contributed by atoms with Gasteiger partial charge in [-0.2, -0.15) is 5.10 Å². The fourth-order valence-electron chi connectivity index (χ4n) is 2.55. The highest BCUT2D eigenvalue weighted by Gasteiger charge is 2.28. The SMILES string of the molecule is CO[C@@H]1CN[C@@H](C(=O)NCCCn2nc(C)cc2C)C1. The summed E-state index contributed by atoms with van der Waals surface area (Å²) in [5, 5.41) is 10.5. The number of methoxy groups -OCH3 is 1. The van der Waals surface area contributed by atoms with E-state index in [1.165, 1.54) is 0 Å². The van der Waals surface area contributed by atoms with Crippen LogP contribution < -0.4 is 10.6 Å². The normalized spacial score (nSPS) is 22.1. The van der Waals surface area contributed by atoms with Crippen molar-refractivity contribution in [2.45, 2.75) is 45.4 Å². The van der Waals surface area contributed by atoms with Crippen LogP contribution in [0.5, 0.6) is 0 Å². The molecule has 1 aliphatic rings. The van der Waals surface area contributed by atoms with Crippen LogP contribution in [0.2, 0.25) is 0 Å². The highest BCUT2D eigenvalue weighted by molar-refractivity contribution is 5.82. The summed E-state index contributed by atoms with van der Waals surface area (Å²) in [5.41, 5.74) is 2.20. The standard InChI is InChI=1S/C14H24N4O2/c1-10-7-11(2)18(17-10)6-4-5-15-14(19)13-8-12(20-3)9-16-13/h7,12-13,16H,4-6,8-9H2,1-3H3,(H,15,19)/t12-,13+/m0/s1. The average molecular weight is 280 g/mol. The van der Waals surface area contributed by atoms with Crippen molar-refractivity contribution in [2.75, 3.05) is 20.2 Å². The van der Waals surface area contributed by atoms with Crippen molar-refractivity contribution < 1.29 is 9.53 Å². The lowest BCUT2D eigenvalue weighted by Crippen LogP contribution is -2.40. The zero-order valence-electron chi connectivity index (χ0n) is 12.5. The van der Waals surface area contributed by atoms with E-state index in [4.69, 9.17) is 4.74 Å². The lowest BCUT2D eigenvalue weighted by molar-refractivity contribution is -0.122. The van der Waals surface area contributed by atoms with Gasteiger partial charge in [-0.05, 0) is 32.8 Å². The van der Waals surface area contributed by atoms with Crippen molar-refractivity contribution in [3.05, 3.63) is 17.5 Å². The Kier molecular flexibility index (Phi) is 5.14. The molecule has 2 N–H and O–H groups in total. The fourth-order valence-corrected chi connectivity index (χ4v) is 2.55. The molecule has 6 heteroatoms. The van der Waals surface area contributed by atoms with Gasteiger partial charge in [0, 0.05) is 32.4 Å². The van der Waals surface area contributed by atoms with E-state index in [-0.39, 0.29) is 18.1 Å². The molecule has 1 aromatic rings. The molecule has 2 atom stereocenters. The first-order chi connectivity index (χ1) is 9.60. The molecule has 1 aliphatic heterocycles. The van der Waals surface area contributed by atoms with Crippen LogP contribution in [0, 0.1) is 13.8 Å². The number of aryl methyl sites for hydroxylation is 3. The quantitative estimate of drug-likeness (QED) is 0.739. The molecule has 20 heavy (non-hydrogen) atoms. The van der Waals surface area contributed by atoms with Gasteiger partial charge in [-0.1, -0.05) is 0 Å². The molecule has 0 aromatic carbocycles. The van der Waals surface area contributed by atoms with E-state index in [0.29, 0.717) is 6.54 Å². The smallest absolute Gasteiger partial charge is 0.237 e. The molecular weight excluding hydrogens is 256 g/mol. The molecule has 0 radical (unpaired) electrons. The summed E-state index contributed by atoms with van der Waals surface area (Å²) in [7, 11) is 1.68. The largest absolute Gasteiger partial charge is 0.380 e. The van der Waals surface area contributed by atoms with Crippen LogP contribution in [0.4, 0.5) is 0 Å². The highest BCUT2D eigenvalue weighted by atomic mass is 16.5. The third-order valence-electron chi connectivity index (χ3n) is 3.69. The van der Waals surface area contributed by atoms with Crippen molar-refractivity contribution in [3.8, 4) is 0 Å². The van der Waals surface area contributed by atoms with Crippen LogP contribution in [0.25, 0.3) is 0 Å². The van der Waals surface area contributed by atoms with Crippen molar-refractivity contribution in [3.63, 3.8) is 0 Å². The Morgan fingerprint density at radius 3 is 3.00 bits per heavy atom. The van der Waals surface area contributed by atoms with Crippen LogP contribution >= 0.6 is 0 Å². The summed E-state index contributed by atoms with van der Waals surface area (Å²) in [6.07, 6.45) is 1.79.